The lowest BCUT2D eigenvalue weighted by atomic mass is 9.93. The van der Waals surface area contributed by atoms with Gasteiger partial charge in [-0.2, -0.15) is 5.10 Å². The zero-order valence-corrected chi connectivity index (χ0v) is 26.6. The fourth-order valence-electron chi connectivity index (χ4n) is 6.47. The first-order chi connectivity index (χ1) is 20.8. The first kappa shape index (κ1) is 30.0. The Hall–Kier alpha value is -3.02. The number of rotatable bonds is 9. The van der Waals surface area contributed by atoms with Crippen LogP contribution in [0.4, 0.5) is 5.82 Å². The number of carbonyl (C=O) groups excluding carboxylic acids is 2. The number of pyridine rings is 1. The Morgan fingerprint density at radius 3 is 2.51 bits per heavy atom. The quantitative estimate of drug-likeness (QED) is 0.267. The number of hydrogen-bond acceptors (Lipinski definition) is 8. The van der Waals surface area contributed by atoms with E-state index in [-0.39, 0.29) is 17.9 Å². The number of aromatic nitrogens is 3. The molecule has 3 fully saturated rings. The molecule has 3 aliphatic rings. The highest BCUT2D eigenvalue weighted by atomic mass is 79.9. The second-order valence-corrected chi connectivity index (χ2v) is 12.9. The molecule has 1 unspecified atom stereocenters. The van der Waals surface area contributed by atoms with Crippen LogP contribution >= 0.6 is 15.9 Å². The van der Waals surface area contributed by atoms with Crippen LogP contribution in [0.5, 0.6) is 5.75 Å². The van der Waals surface area contributed by atoms with Gasteiger partial charge in [-0.1, -0.05) is 15.9 Å². The maximum absolute atomic E-state index is 12.4. The molecule has 0 bridgehead atoms. The molecule has 1 N–H and O–H groups in total. The molecule has 0 spiro atoms. The first-order valence-corrected chi connectivity index (χ1v) is 16.3. The Morgan fingerprint density at radius 2 is 1.77 bits per heavy atom. The van der Waals surface area contributed by atoms with Crippen molar-refractivity contribution in [3.8, 4) is 5.75 Å². The number of imide groups is 1. The standard InChI is InChI=1S/C32H41BrN6O4/c1-21-20-24(8-11-27(21)33)43-23-6-4-22(5-7-23)42-19-3-14-38-15-17-39(18-16-38)28-12-9-25-30(36-37(2)31(25)34-28)26-10-13-29(40)35-32(26)41/h8-9,11-12,20,22-23,26H,3-7,10,13-19H2,1-2H3,(H,35,40,41). The van der Waals surface area contributed by atoms with Gasteiger partial charge >= 0.3 is 0 Å². The van der Waals surface area contributed by atoms with Crippen molar-refractivity contribution in [1.29, 1.82) is 0 Å². The molecule has 1 atom stereocenters. The largest absolute Gasteiger partial charge is 0.490 e. The summed E-state index contributed by atoms with van der Waals surface area (Å²) >= 11 is 3.55. The van der Waals surface area contributed by atoms with Gasteiger partial charge in [0.2, 0.25) is 11.8 Å². The molecule has 11 heteroatoms. The van der Waals surface area contributed by atoms with E-state index < -0.39 is 5.92 Å². The van der Waals surface area contributed by atoms with Gasteiger partial charge in [0.25, 0.3) is 0 Å². The fourth-order valence-corrected chi connectivity index (χ4v) is 6.72. The third-order valence-electron chi connectivity index (χ3n) is 8.99. The highest BCUT2D eigenvalue weighted by Crippen LogP contribution is 2.31. The van der Waals surface area contributed by atoms with E-state index >= 15 is 0 Å². The average molecular weight is 654 g/mol. The maximum Gasteiger partial charge on any atom is 0.235 e. The smallest absolute Gasteiger partial charge is 0.235 e. The van der Waals surface area contributed by atoms with Crippen molar-refractivity contribution in [3.63, 3.8) is 0 Å². The number of piperazine rings is 1. The molecule has 2 aromatic heterocycles. The molecule has 3 aromatic rings. The number of amides is 2. The number of nitrogens with zero attached hydrogens (tertiary/aromatic N) is 5. The van der Waals surface area contributed by atoms with E-state index in [1.165, 1.54) is 5.56 Å². The number of fused-ring (bicyclic) bond motifs is 1. The normalized spacial score (nSPS) is 23.5. The number of halogens is 1. The molecule has 1 aromatic carbocycles. The van der Waals surface area contributed by atoms with Crippen molar-refractivity contribution >= 4 is 44.6 Å². The molecule has 2 aliphatic heterocycles. The number of hydrogen-bond donors (Lipinski definition) is 1. The monoisotopic (exact) mass is 652 g/mol. The lowest BCUT2D eigenvalue weighted by molar-refractivity contribution is -0.134. The summed E-state index contributed by atoms with van der Waals surface area (Å²) in [5, 5.41) is 7.94. The third kappa shape index (κ3) is 7.05. The zero-order chi connectivity index (χ0) is 29.9. The van der Waals surface area contributed by atoms with Crippen molar-refractivity contribution in [3.05, 3.63) is 46.1 Å². The molecule has 43 heavy (non-hydrogen) atoms. The first-order valence-electron chi connectivity index (χ1n) is 15.5. The Balaban J connectivity index is 0.914. The van der Waals surface area contributed by atoms with E-state index in [0.717, 1.165) is 98.5 Å². The van der Waals surface area contributed by atoms with E-state index in [0.29, 0.717) is 24.6 Å². The van der Waals surface area contributed by atoms with E-state index in [1.807, 2.05) is 25.2 Å². The van der Waals surface area contributed by atoms with Gasteiger partial charge in [-0.05, 0) is 81.3 Å². The minimum atomic E-state index is -0.419. The summed E-state index contributed by atoms with van der Waals surface area (Å²) in [5.41, 5.74) is 2.66. The van der Waals surface area contributed by atoms with Crippen LogP contribution in [0.15, 0.2) is 34.8 Å². The van der Waals surface area contributed by atoms with Gasteiger partial charge in [0, 0.05) is 62.7 Å². The number of aryl methyl sites for hydroxylation is 2. The molecule has 1 aliphatic carbocycles. The molecule has 1 saturated carbocycles. The van der Waals surface area contributed by atoms with Crippen molar-refractivity contribution in [2.45, 2.75) is 70.0 Å². The van der Waals surface area contributed by atoms with Crippen LogP contribution in [0, 0.1) is 6.92 Å². The van der Waals surface area contributed by atoms with Gasteiger partial charge in [0.05, 0.1) is 23.8 Å². The maximum atomic E-state index is 12.4. The van der Waals surface area contributed by atoms with Crippen LogP contribution in [0.2, 0.25) is 0 Å². The topological polar surface area (TPSA) is 102 Å². The summed E-state index contributed by atoms with van der Waals surface area (Å²) in [7, 11) is 1.86. The second kappa shape index (κ2) is 13.3. The van der Waals surface area contributed by atoms with Gasteiger partial charge < -0.3 is 14.4 Å². The SMILES string of the molecule is Cc1cc(OC2CCC(OCCCN3CCN(c4ccc5c(C6CCC(=O)NC6=O)nn(C)c5n4)CC3)CC2)ccc1Br. The minimum Gasteiger partial charge on any atom is -0.490 e. The summed E-state index contributed by atoms with van der Waals surface area (Å²) in [6, 6.07) is 10.2. The van der Waals surface area contributed by atoms with Crippen molar-refractivity contribution in [2.75, 3.05) is 44.2 Å². The Kier molecular flexibility index (Phi) is 9.30. The Labute approximate surface area is 261 Å². The van der Waals surface area contributed by atoms with E-state index in [1.54, 1.807) is 4.68 Å². The number of piperidine rings is 1. The van der Waals surface area contributed by atoms with Crippen molar-refractivity contribution in [2.24, 2.45) is 7.05 Å². The van der Waals surface area contributed by atoms with Gasteiger partial charge in [-0.3, -0.25) is 24.5 Å². The Morgan fingerprint density at radius 1 is 1.00 bits per heavy atom. The van der Waals surface area contributed by atoms with Gasteiger partial charge in [0.1, 0.15) is 11.6 Å². The zero-order valence-electron chi connectivity index (χ0n) is 25.1. The summed E-state index contributed by atoms with van der Waals surface area (Å²) in [6.45, 7) is 7.74. The minimum absolute atomic E-state index is 0.217. The fraction of sp³-hybridized carbons (Fsp3) is 0.562. The van der Waals surface area contributed by atoms with Gasteiger partial charge in [-0.15, -0.1) is 0 Å². The van der Waals surface area contributed by atoms with Crippen LogP contribution in [0.1, 0.15) is 62.1 Å². The summed E-state index contributed by atoms with van der Waals surface area (Å²) in [4.78, 5) is 33.8. The number of carbonyl (C=O) groups is 2. The summed E-state index contributed by atoms with van der Waals surface area (Å²) in [5.74, 6) is 0.981. The third-order valence-corrected chi connectivity index (χ3v) is 9.88. The van der Waals surface area contributed by atoms with E-state index in [9.17, 15) is 9.59 Å². The van der Waals surface area contributed by atoms with Crippen molar-refractivity contribution in [1.82, 2.24) is 25.0 Å². The van der Waals surface area contributed by atoms with E-state index in [2.05, 4.69) is 55.2 Å². The molecule has 2 amide bonds. The summed E-state index contributed by atoms with van der Waals surface area (Å²) in [6.07, 6.45) is 6.66. The molecule has 10 nitrogen and oxygen atoms in total. The van der Waals surface area contributed by atoms with Crippen LogP contribution in [0.25, 0.3) is 11.0 Å². The molecular formula is C32H41BrN6O4. The summed E-state index contributed by atoms with van der Waals surface area (Å²) < 4.78 is 15.3. The predicted octanol–water partition coefficient (Wildman–Crippen LogP) is 4.48. The highest BCUT2D eigenvalue weighted by molar-refractivity contribution is 9.10. The molecule has 4 heterocycles. The molecule has 2 saturated heterocycles. The van der Waals surface area contributed by atoms with Crippen LogP contribution < -0.4 is 15.0 Å². The highest BCUT2D eigenvalue weighted by Gasteiger charge is 2.32. The number of anilines is 1. The number of nitrogens with one attached hydrogen (secondary N) is 1. The lowest BCUT2D eigenvalue weighted by Gasteiger charge is -2.35. The van der Waals surface area contributed by atoms with Crippen LogP contribution in [0.3, 0.4) is 0 Å². The Bertz CT molecular complexity index is 1460. The molecular weight excluding hydrogens is 612 g/mol. The lowest BCUT2D eigenvalue weighted by Crippen LogP contribution is -2.47. The van der Waals surface area contributed by atoms with Crippen LogP contribution in [-0.2, 0) is 21.4 Å². The molecule has 0 radical (unpaired) electrons. The second-order valence-electron chi connectivity index (χ2n) is 12.0. The van der Waals surface area contributed by atoms with Gasteiger partial charge in [0.15, 0.2) is 5.65 Å². The van der Waals surface area contributed by atoms with Crippen molar-refractivity contribution < 1.29 is 19.1 Å². The molecule has 230 valence electrons. The average Bonchev–Trinajstić information content (AvgIpc) is 3.33. The van der Waals surface area contributed by atoms with E-state index in [4.69, 9.17) is 14.5 Å². The number of benzene rings is 1. The molecule has 6 rings (SSSR count). The van der Waals surface area contributed by atoms with Gasteiger partial charge in [-0.25, -0.2) is 4.98 Å². The van der Waals surface area contributed by atoms with Crippen LogP contribution in [-0.4, -0.2) is 83.0 Å². The number of ether oxygens (including phenoxy) is 2. The predicted molar refractivity (Wildman–Crippen MR) is 168 cm³/mol.